The summed E-state index contributed by atoms with van der Waals surface area (Å²) >= 11 is 5.93. The number of aliphatic hydroxyl groups excluding tert-OH is 1. The lowest BCUT2D eigenvalue weighted by Crippen LogP contribution is -2.14. The van der Waals surface area contributed by atoms with E-state index in [-0.39, 0.29) is 6.61 Å². The first-order valence-electron chi connectivity index (χ1n) is 8.83. The number of hydrogen-bond acceptors (Lipinski definition) is 4. The topological polar surface area (TPSA) is 78.8 Å². The maximum absolute atomic E-state index is 11.4. The third-order valence-electron chi connectivity index (χ3n) is 4.09. The molecule has 5 nitrogen and oxygen atoms in total. The molecule has 2 aromatic rings. The Hall–Kier alpha value is -2.60. The van der Waals surface area contributed by atoms with Crippen LogP contribution in [-0.4, -0.2) is 16.2 Å². The fourth-order valence-corrected chi connectivity index (χ4v) is 2.73. The van der Waals surface area contributed by atoms with Crippen LogP contribution in [0.3, 0.4) is 0 Å². The second kappa shape index (κ2) is 10.7. The van der Waals surface area contributed by atoms with Crippen LogP contribution in [0.2, 0.25) is 5.02 Å². The van der Waals surface area contributed by atoms with Crippen LogP contribution in [0.1, 0.15) is 36.1 Å². The highest BCUT2D eigenvalue weighted by Crippen LogP contribution is 2.31. The van der Waals surface area contributed by atoms with Crippen LogP contribution in [0.25, 0.3) is 6.08 Å². The van der Waals surface area contributed by atoms with Crippen molar-refractivity contribution in [3.63, 3.8) is 0 Å². The summed E-state index contributed by atoms with van der Waals surface area (Å²) < 4.78 is 6.11. The molecule has 0 spiro atoms. The maximum atomic E-state index is 11.4. The molecule has 0 radical (unpaired) electrons. The minimum Gasteiger partial charge on any atom is -0.488 e. The predicted octanol–water partition coefficient (Wildman–Crippen LogP) is 4.44. The van der Waals surface area contributed by atoms with Gasteiger partial charge in [0.2, 0.25) is 0 Å². The number of allylic oxidation sites excluding steroid dienone is 2. The molecule has 1 amide bonds. The van der Waals surface area contributed by atoms with Gasteiger partial charge in [-0.3, -0.25) is 10.0 Å². The van der Waals surface area contributed by atoms with Crippen LogP contribution in [0.15, 0.2) is 54.1 Å². The van der Waals surface area contributed by atoms with E-state index in [1.165, 1.54) is 6.08 Å². The van der Waals surface area contributed by atoms with Crippen LogP contribution < -0.4 is 10.2 Å². The first kappa shape index (κ1) is 21.7. The van der Waals surface area contributed by atoms with Gasteiger partial charge in [0, 0.05) is 22.2 Å². The molecule has 0 heterocycles. The quantitative estimate of drug-likeness (QED) is 0.264. The van der Waals surface area contributed by atoms with Gasteiger partial charge in [-0.05, 0) is 49.6 Å². The van der Waals surface area contributed by atoms with Crippen LogP contribution >= 0.6 is 11.6 Å². The van der Waals surface area contributed by atoms with Gasteiger partial charge in [-0.1, -0.05) is 47.5 Å². The number of halogens is 1. The van der Waals surface area contributed by atoms with Gasteiger partial charge in [0.15, 0.2) is 0 Å². The minimum atomic E-state index is -0.638. The number of carbonyl (C=O) groups is 1. The Kier molecular flexibility index (Phi) is 8.26. The van der Waals surface area contributed by atoms with E-state index in [0.29, 0.717) is 29.4 Å². The average molecular weight is 402 g/mol. The Balaban J connectivity index is 2.44. The van der Waals surface area contributed by atoms with Crippen molar-refractivity contribution in [3.8, 4) is 5.75 Å². The molecular formula is C22H24ClNO4. The normalized spacial score (nSPS) is 10.8. The van der Waals surface area contributed by atoms with Crippen molar-refractivity contribution < 1.29 is 19.8 Å². The summed E-state index contributed by atoms with van der Waals surface area (Å²) in [5.74, 6) is -0.0540. The molecular weight excluding hydrogens is 378 g/mol. The van der Waals surface area contributed by atoms with Gasteiger partial charge in [0.25, 0.3) is 5.91 Å². The summed E-state index contributed by atoms with van der Waals surface area (Å²) in [5, 5.41) is 19.1. The van der Waals surface area contributed by atoms with E-state index in [1.807, 2.05) is 26.0 Å². The smallest absolute Gasteiger partial charge is 0.267 e. The first-order valence-corrected chi connectivity index (χ1v) is 9.20. The van der Waals surface area contributed by atoms with Crippen molar-refractivity contribution >= 4 is 23.6 Å². The molecule has 28 heavy (non-hydrogen) atoms. The summed E-state index contributed by atoms with van der Waals surface area (Å²) in [5.41, 5.74) is 5.93. The lowest BCUT2D eigenvalue weighted by molar-refractivity contribution is -0.124. The highest BCUT2D eigenvalue weighted by atomic mass is 35.5. The summed E-state index contributed by atoms with van der Waals surface area (Å²) in [4.78, 5) is 11.4. The van der Waals surface area contributed by atoms with Gasteiger partial charge in [0.1, 0.15) is 12.4 Å². The Morgan fingerprint density at radius 2 is 1.89 bits per heavy atom. The van der Waals surface area contributed by atoms with E-state index in [9.17, 15) is 9.90 Å². The molecule has 0 aliphatic carbocycles. The van der Waals surface area contributed by atoms with Gasteiger partial charge < -0.3 is 9.84 Å². The van der Waals surface area contributed by atoms with E-state index >= 15 is 0 Å². The van der Waals surface area contributed by atoms with E-state index in [4.69, 9.17) is 21.5 Å². The van der Waals surface area contributed by atoms with Crippen LogP contribution in [0.5, 0.6) is 5.75 Å². The Bertz CT molecular complexity index is 869. The van der Waals surface area contributed by atoms with Gasteiger partial charge in [0.05, 0.1) is 6.61 Å². The third kappa shape index (κ3) is 6.23. The molecule has 0 bridgehead atoms. The Morgan fingerprint density at radius 3 is 2.50 bits per heavy atom. The molecule has 0 aromatic heterocycles. The Morgan fingerprint density at radius 1 is 1.18 bits per heavy atom. The van der Waals surface area contributed by atoms with Crippen LogP contribution in [0, 0.1) is 0 Å². The van der Waals surface area contributed by atoms with E-state index < -0.39 is 5.91 Å². The van der Waals surface area contributed by atoms with E-state index in [1.54, 1.807) is 35.8 Å². The largest absolute Gasteiger partial charge is 0.488 e. The molecule has 0 fully saturated rings. The zero-order valence-electron chi connectivity index (χ0n) is 15.9. The second-order valence-corrected chi connectivity index (χ2v) is 6.93. The molecule has 0 atom stereocenters. The molecule has 6 heteroatoms. The number of ether oxygens (including phenoxy) is 1. The molecule has 3 N–H and O–H groups in total. The van der Waals surface area contributed by atoms with Crippen molar-refractivity contribution in [1.82, 2.24) is 5.48 Å². The fraction of sp³-hybridized carbons (Fsp3) is 0.227. The molecule has 2 rings (SSSR count). The zero-order valence-corrected chi connectivity index (χ0v) is 16.7. The SMILES string of the molecule is CC(C)=CCc1c(CO)ccc(C=CC(=O)NO)c1OCc1ccc(Cl)cc1. The molecule has 0 aliphatic rings. The summed E-state index contributed by atoms with van der Waals surface area (Å²) in [6.07, 6.45) is 5.42. The van der Waals surface area contributed by atoms with Gasteiger partial charge >= 0.3 is 0 Å². The van der Waals surface area contributed by atoms with E-state index in [0.717, 1.165) is 22.3 Å². The molecule has 0 unspecified atom stereocenters. The molecule has 2 aromatic carbocycles. The Labute approximate surface area is 169 Å². The number of benzene rings is 2. The number of amides is 1. The molecule has 0 aliphatic heterocycles. The van der Waals surface area contributed by atoms with Crippen molar-refractivity contribution in [1.29, 1.82) is 0 Å². The van der Waals surface area contributed by atoms with E-state index in [2.05, 4.69) is 6.08 Å². The highest BCUT2D eigenvalue weighted by molar-refractivity contribution is 6.30. The molecule has 0 saturated carbocycles. The van der Waals surface area contributed by atoms with Crippen molar-refractivity contribution in [2.75, 3.05) is 0 Å². The maximum Gasteiger partial charge on any atom is 0.267 e. The van der Waals surface area contributed by atoms with Gasteiger partial charge in [-0.25, -0.2) is 5.48 Å². The summed E-state index contributed by atoms with van der Waals surface area (Å²) in [6.45, 7) is 4.19. The van der Waals surface area contributed by atoms with Crippen molar-refractivity contribution in [2.24, 2.45) is 0 Å². The van der Waals surface area contributed by atoms with Gasteiger partial charge in [-0.2, -0.15) is 0 Å². The average Bonchev–Trinajstić information content (AvgIpc) is 2.69. The number of rotatable bonds is 8. The highest BCUT2D eigenvalue weighted by Gasteiger charge is 2.13. The predicted molar refractivity (Wildman–Crippen MR) is 110 cm³/mol. The standard InChI is InChI=1S/C22H24ClNO4/c1-15(2)3-11-20-18(13-25)7-6-17(8-12-21(26)24-27)22(20)28-14-16-4-9-19(23)10-5-16/h3-10,12,25,27H,11,13-14H2,1-2H3,(H,24,26). The summed E-state index contributed by atoms with van der Waals surface area (Å²) in [7, 11) is 0. The second-order valence-electron chi connectivity index (χ2n) is 6.49. The molecule has 0 saturated heterocycles. The van der Waals surface area contributed by atoms with Crippen molar-refractivity contribution in [3.05, 3.63) is 81.4 Å². The van der Waals surface area contributed by atoms with Gasteiger partial charge in [-0.15, -0.1) is 0 Å². The number of hydrogen-bond donors (Lipinski definition) is 3. The lowest BCUT2D eigenvalue weighted by Gasteiger charge is -2.17. The molecule has 148 valence electrons. The van der Waals surface area contributed by atoms with Crippen LogP contribution in [-0.2, 0) is 24.4 Å². The van der Waals surface area contributed by atoms with Crippen LogP contribution in [0.4, 0.5) is 0 Å². The monoisotopic (exact) mass is 401 g/mol. The number of nitrogens with one attached hydrogen (secondary N) is 1. The first-order chi connectivity index (χ1) is 13.4. The van der Waals surface area contributed by atoms with Crippen molar-refractivity contribution in [2.45, 2.75) is 33.5 Å². The zero-order chi connectivity index (χ0) is 20.5. The summed E-state index contributed by atoms with van der Waals surface area (Å²) in [6, 6.07) is 10.9. The number of hydroxylamine groups is 1. The third-order valence-corrected chi connectivity index (χ3v) is 4.35. The number of aliphatic hydroxyl groups is 1. The minimum absolute atomic E-state index is 0.121. The lowest BCUT2D eigenvalue weighted by atomic mass is 9.98. The fourth-order valence-electron chi connectivity index (χ4n) is 2.61. The number of carbonyl (C=O) groups excluding carboxylic acids is 1.